The van der Waals surface area contributed by atoms with Gasteiger partial charge in [0.15, 0.2) is 0 Å². The second-order valence-electron chi connectivity index (χ2n) is 5.05. The van der Waals surface area contributed by atoms with Gasteiger partial charge in [0.05, 0.1) is 4.47 Å². The minimum absolute atomic E-state index is 0.130. The zero-order valence-corrected chi connectivity index (χ0v) is 12.4. The van der Waals surface area contributed by atoms with Gasteiger partial charge in [-0.1, -0.05) is 12.1 Å². The molecule has 1 heterocycles. The molecule has 1 atom stereocenters. The number of ether oxygens (including phenoxy) is 1. The molecular weight excluding hydrogens is 292 g/mol. The Kier molecular flexibility index (Phi) is 5.03. The zero-order chi connectivity index (χ0) is 13.0. The van der Waals surface area contributed by atoms with Gasteiger partial charge in [-0.25, -0.2) is 0 Å². The van der Waals surface area contributed by atoms with Gasteiger partial charge in [0.1, 0.15) is 12.4 Å². The average molecular weight is 313 g/mol. The molecule has 4 heteroatoms. The minimum atomic E-state index is 0.130. The fraction of sp³-hybridized carbons (Fsp3) is 0.571. The Labute approximate surface area is 117 Å². The predicted molar refractivity (Wildman–Crippen MR) is 77.8 cm³/mol. The third-order valence-corrected chi connectivity index (χ3v) is 4.29. The predicted octanol–water partition coefficient (Wildman–Crippen LogP) is 2.50. The van der Waals surface area contributed by atoms with Crippen molar-refractivity contribution in [1.82, 2.24) is 4.90 Å². The number of nitrogens with zero attached hydrogens (tertiary/aromatic N) is 1. The number of hydrogen-bond donors (Lipinski definition) is 1. The minimum Gasteiger partial charge on any atom is -0.491 e. The molecule has 100 valence electrons. The summed E-state index contributed by atoms with van der Waals surface area (Å²) < 4.78 is 6.78. The van der Waals surface area contributed by atoms with Gasteiger partial charge < -0.3 is 15.4 Å². The van der Waals surface area contributed by atoms with E-state index in [0.29, 0.717) is 12.5 Å². The molecule has 0 aliphatic carbocycles. The van der Waals surface area contributed by atoms with Gasteiger partial charge in [0.25, 0.3) is 0 Å². The molecule has 2 rings (SSSR count). The monoisotopic (exact) mass is 312 g/mol. The molecule has 0 amide bonds. The van der Waals surface area contributed by atoms with Crippen LogP contribution in [0.2, 0.25) is 0 Å². The van der Waals surface area contributed by atoms with Gasteiger partial charge in [0.2, 0.25) is 0 Å². The molecule has 0 bridgehead atoms. The number of likely N-dealkylation sites (tertiary alicyclic amines) is 1. The summed E-state index contributed by atoms with van der Waals surface area (Å²) in [5.74, 6) is 1.46. The van der Waals surface area contributed by atoms with E-state index in [1.807, 2.05) is 24.3 Å². The van der Waals surface area contributed by atoms with Crippen LogP contribution in [0.3, 0.4) is 0 Å². The highest BCUT2D eigenvalue weighted by atomic mass is 79.9. The SMILES string of the molecule is CN1CCC(C(N)COc2ccccc2Br)CC1. The molecule has 1 aromatic carbocycles. The van der Waals surface area contributed by atoms with E-state index < -0.39 is 0 Å². The summed E-state index contributed by atoms with van der Waals surface area (Å²) in [6, 6.07) is 8.03. The average Bonchev–Trinajstić information content (AvgIpc) is 2.38. The van der Waals surface area contributed by atoms with Crippen LogP contribution in [0, 0.1) is 5.92 Å². The van der Waals surface area contributed by atoms with Gasteiger partial charge in [-0.15, -0.1) is 0 Å². The highest BCUT2D eigenvalue weighted by molar-refractivity contribution is 9.10. The third-order valence-electron chi connectivity index (χ3n) is 3.64. The van der Waals surface area contributed by atoms with E-state index in [4.69, 9.17) is 10.5 Å². The Balaban J connectivity index is 1.81. The van der Waals surface area contributed by atoms with E-state index in [-0.39, 0.29) is 6.04 Å². The Morgan fingerprint density at radius 1 is 1.39 bits per heavy atom. The first-order valence-corrected chi connectivity index (χ1v) is 7.27. The molecule has 0 saturated carbocycles. The number of piperidine rings is 1. The van der Waals surface area contributed by atoms with Gasteiger partial charge in [-0.2, -0.15) is 0 Å². The van der Waals surface area contributed by atoms with Crippen molar-refractivity contribution in [2.24, 2.45) is 11.7 Å². The largest absolute Gasteiger partial charge is 0.491 e. The molecule has 1 fully saturated rings. The number of rotatable bonds is 4. The van der Waals surface area contributed by atoms with Crippen LogP contribution >= 0.6 is 15.9 Å². The number of benzene rings is 1. The van der Waals surface area contributed by atoms with Crippen LogP contribution in [-0.4, -0.2) is 37.7 Å². The smallest absolute Gasteiger partial charge is 0.133 e. The zero-order valence-electron chi connectivity index (χ0n) is 10.8. The Hall–Kier alpha value is -0.580. The van der Waals surface area contributed by atoms with E-state index in [1.54, 1.807) is 0 Å². The van der Waals surface area contributed by atoms with Gasteiger partial charge in [-0.05, 0) is 67.0 Å². The second-order valence-corrected chi connectivity index (χ2v) is 5.90. The van der Waals surface area contributed by atoms with Gasteiger partial charge in [0, 0.05) is 6.04 Å². The summed E-state index contributed by atoms with van der Waals surface area (Å²) in [6.07, 6.45) is 2.36. The van der Waals surface area contributed by atoms with Crippen LogP contribution < -0.4 is 10.5 Å². The summed E-state index contributed by atoms with van der Waals surface area (Å²) in [6.45, 7) is 2.89. The van der Waals surface area contributed by atoms with Crippen LogP contribution in [-0.2, 0) is 0 Å². The topological polar surface area (TPSA) is 38.5 Å². The number of nitrogens with two attached hydrogens (primary N) is 1. The van der Waals surface area contributed by atoms with Crippen molar-refractivity contribution in [2.75, 3.05) is 26.7 Å². The summed E-state index contributed by atoms with van der Waals surface area (Å²) >= 11 is 3.48. The maximum absolute atomic E-state index is 6.23. The van der Waals surface area contributed by atoms with Crippen molar-refractivity contribution in [3.8, 4) is 5.75 Å². The van der Waals surface area contributed by atoms with Crippen molar-refractivity contribution in [2.45, 2.75) is 18.9 Å². The molecule has 0 spiro atoms. The van der Waals surface area contributed by atoms with Crippen molar-refractivity contribution in [1.29, 1.82) is 0 Å². The second kappa shape index (κ2) is 6.55. The quantitative estimate of drug-likeness (QED) is 0.928. The van der Waals surface area contributed by atoms with Crippen LogP contribution in [0.25, 0.3) is 0 Å². The summed E-state index contributed by atoms with van der Waals surface area (Å²) in [5, 5.41) is 0. The van der Waals surface area contributed by atoms with E-state index in [0.717, 1.165) is 23.3 Å². The molecule has 2 N–H and O–H groups in total. The lowest BCUT2D eigenvalue weighted by atomic mass is 9.90. The molecule has 1 saturated heterocycles. The molecular formula is C14H21BrN2O. The highest BCUT2D eigenvalue weighted by Crippen LogP contribution is 2.25. The van der Waals surface area contributed by atoms with Crippen molar-refractivity contribution in [3.05, 3.63) is 28.7 Å². The van der Waals surface area contributed by atoms with E-state index >= 15 is 0 Å². The van der Waals surface area contributed by atoms with Crippen LogP contribution in [0.5, 0.6) is 5.75 Å². The Morgan fingerprint density at radius 3 is 2.72 bits per heavy atom. The van der Waals surface area contributed by atoms with Gasteiger partial charge in [-0.3, -0.25) is 0 Å². The summed E-state index contributed by atoms with van der Waals surface area (Å²) in [5.41, 5.74) is 6.23. The lowest BCUT2D eigenvalue weighted by molar-refractivity contribution is 0.166. The van der Waals surface area contributed by atoms with Crippen LogP contribution in [0.1, 0.15) is 12.8 Å². The van der Waals surface area contributed by atoms with E-state index in [2.05, 4.69) is 27.9 Å². The number of para-hydroxylation sites is 1. The summed E-state index contributed by atoms with van der Waals surface area (Å²) in [7, 11) is 2.17. The maximum Gasteiger partial charge on any atom is 0.133 e. The Bertz CT molecular complexity index is 378. The fourth-order valence-electron chi connectivity index (χ4n) is 2.34. The lowest BCUT2D eigenvalue weighted by Gasteiger charge is -2.32. The fourth-order valence-corrected chi connectivity index (χ4v) is 2.74. The van der Waals surface area contributed by atoms with E-state index in [1.165, 1.54) is 12.8 Å². The number of halogens is 1. The van der Waals surface area contributed by atoms with Crippen molar-refractivity contribution >= 4 is 15.9 Å². The first-order chi connectivity index (χ1) is 8.66. The highest BCUT2D eigenvalue weighted by Gasteiger charge is 2.23. The van der Waals surface area contributed by atoms with Gasteiger partial charge >= 0.3 is 0 Å². The van der Waals surface area contributed by atoms with E-state index in [9.17, 15) is 0 Å². The maximum atomic E-state index is 6.23. The molecule has 1 aliphatic heterocycles. The standard InChI is InChI=1S/C14H21BrN2O/c1-17-8-6-11(7-9-17)13(16)10-18-14-5-3-2-4-12(14)15/h2-5,11,13H,6-10,16H2,1H3. The lowest BCUT2D eigenvalue weighted by Crippen LogP contribution is -2.42. The first kappa shape index (κ1) is 13.8. The molecule has 1 unspecified atom stereocenters. The van der Waals surface area contributed by atoms with Crippen LogP contribution in [0.4, 0.5) is 0 Å². The third kappa shape index (κ3) is 3.70. The molecule has 0 aromatic heterocycles. The molecule has 0 radical (unpaired) electrons. The molecule has 3 nitrogen and oxygen atoms in total. The van der Waals surface area contributed by atoms with Crippen LogP contribution in [0.15, 0.2) is 28.7 Å². The molecule has 1 aromatic rings. The first-order valence-electron chi connectivity index (χ1n) is 6.48. The molecule has 1 aliphatic rings. The Morgan fingerprint density at radius 2 is 2.06 bits per heavy atom. The number of hydrogen-bond acceptors (Lipinski definition) is 3. The summed E-state index contributed by atoms with van der Waals surface area (Å²) in [4.78, 5) is 2.36. The molecule has 18 heavy (non-hydrogen) atoms. The van der Waals surface area contributed by atoms with Crippen molar-refractivity contribution in [3.63, 3.8) is 0 Å². The van der Waals surface area contributed by atoms with Crippen molar-refractivity contribution < 1.29 is 4.74 Å². The normalized spacial score (nSPS) is 19.7.